The van der Waals surface area contributed by atoms with Crippen LogP contribution in [0.4, 0.5) is 13.2 Å². The third-order valence-corrected chi connectivity index (χ3v) is 2.87. The number of aromatic amines is 1. The van der Waals surface area contributed by atoms with Crippen molar-refractivity contribution in [2.45, 2.75) is 6.18 Å². The number of hydrogen-bond acceptors (Lipinski definition) is 2. The van der Waals surface area contributed by atoms with Crippen LogP contribution < -0.4 is 4.87 Å². The summed E-state index contributed by atoms with van der Waals surface area (Å²) in [6, 6.07) is 4.88. The number of H-pyrrole nitrogens is 1. The topological polar surface area (TPSA) is 32.9 Å². The SMILES string of the molecule is O=c1[nH]cc(-c2cccc(C(F)(F)F)c2)s1. The smallest absolute Gasteiger partial charge is 0.319 e. The van der Waals surface area contributed by atoms with Crippen molar-refractivity contribution in [3.8, 4) is 10.4 Å². The first kappa shape index (κ1) is 10.9. The summed E-state index contributed by atoms with van der Waals surface area (Å²) in [5.74, 6) is 0. The number of benzene rings is 1. The molecule has 0 aliphatic heterocycles. The zero-order chi connectivity index (χ0) is 11.8. The van der Waals surface area contributed by atoms with Crippen molar-refractivity contribution in [2.24, 2.45) is 0 Å². The molecule has 0 fully saturated rings. The summed E-state index contributed by atoms with van der Waals surface area (Å²) >= 11 is 0.882. The fraction of sp³-hybridized carbons (Fsp3) is 0.100. The molecule has 2 aromatic rings. The summed E-state index contributed by atoms with van der Waals surface area (Å²) in [6.07, 6.45) is -2.96. The van der Waals surface area contributed by atoms with E-state index in [1.807, 2.05) is 0 Å². The van der Waals surface area contributed by atoms with E-state index in [0.29, 0.717) is 10.4 Å². The normalized spacial score (nSPS) is 11.7. The van der Waals surface area contributed by atoms with Crippen molar-refractivity contribution >= 4 is 11.3 Å². The lowest BCUT2D eigenvalue weighted by Gasteiger charge is -2.07. The number of thiazole rings is 1. The molecule has 1 N–H and O–H groups in total. The predicted molar refractivity (Wildman–Crippen MR) is 55.4 cm³/mol. The van der Waals surface area contributed by atoms with Crippen LogP contribution in [0.1, 0.15) is 5.56 Å². The third kappa shape index (κ3) is 2.16. The van der Waals surface area contributed by atoms with E-state index >= 15 is 0 Å². The van der Waals surface area contributed by atoms with E-state index in [1.54, 1.807) is 0 Å². The Labute approximate surface area is 92.4 Å². The van der Waals surface area contributed by atoms with Crippen LogP contribution in [0.15, 0.2) is 35.3 Å². The van der Waals surface area contributed by atoms with Crippen molar-refractivity contribution in [3.05, 3.63) is 45.7 Å². The van der Waals surface area contributed by atoms with Gasteiger partial charge < -0.3 is 4.98 Å². The highest BCUT2D eigenvalue weighted by Gasteiger charge is 2.30. The summed E-state index contributed by atoms with van der Waals surface area (Å²) < 4.78 is 37.3. The quantitative estimate of drug-likeness (QED) is 0.822. The molecule has 0 aliphatic carbocycles. The summed E-state index contributed by atoms with van der Waals surface area (Å²) in [4.78, 5) is 13.5. The van der Waals surface area contributed by atoms with Crippen LogP contribution in [0.25, 0.3) is 10.4 Å². The van der Waals surface area contributed by atoms with E-state index in [9.17, 15) is 18.0 Å². The molecule has 1 aromatic heterocycles. The monoisotopic (exact) mass is 245 g/mol. The van der Waals surface area contributed by atoms with Gasteiger partial charge in [0.2, 0.25) is 0 Å². The zero-order valence-corrected chi connectivity index (χ0v) is 8.65. The third-order valence-electron chi connectivity index (χ3n) is 2.00. The van der Waals surface area contributed by atoms with Crippen LogP contribution in [0, 0.1) is 0 Å². The van der Waals surface area contributed by atoms with E-state index in [2.05, 4.69) is 4.98 Å². The van der Waals surface area contributed by atoms with Gasteiger partial charge in [-0.05, 0) is 17.7 Å². The van der Waals surface area contributed by atoms with Crippen LogP contribution in [-0.2, 0) is 6.18 Å². The second kappa shape index (κ2) is 3.79. The van der Waals surface area contributed by atoms with Gasteiger partial charge in [0.05, 0.1) is 10.4 Å². The molecular formula is C10H6F3NOS. The van der Waals surface area contributed by atoms with E-state index < -0.39 is 11.7 Å². The maximum Gasteiger partial charge on any atom is 0.416 e. The van der Waals surface area contributed by atoms with Crippen molar-refractivity contribution in [1.29, 1.82) is 0 Å². The van der Waals surface area contributed by atoms with Crippen LogP contribution in [0.2, 0.25) is 0 Å². The van der Waals surface area contributed by atoms with Gasteiger partial charge in [0.1, 0.15) is 0 Å². The van der Waals surface area contributed by atoms with Crippen LogP contribution in [0.5, 0.6) is 0 Å². The van der Waals surface area contributed by atoms with Crippen molar-refractivity contribution in [2.75, 3.05) is 0 Å². The molecular weight excluding hydrogens is 239 g/mol. The average molecular weight is 245 g/mol. The molecule has 6 heteroatoms. The number of nitrogens with one attached hydrogen (secondary N) is 1. The van der Waals surface area contributed by atoms with E-state index in [0.717, 1.165) is 23.5 Å². The first-order chi connectivity index (χ1) is 7.47. The molecule has 1 aromatic carbocycles. The number of aromatic nitrogens is 1. The molecule has 2 nitrogen and oxygen atoms in total. The molecule has 0 spiro atoms. The molecule has 0 aliphatic rings. The van der Waals surface area contributed by atoms with Gasteiger partial charge in [0.25, 0.3) is 0 Å². The summed E-state index contributed by atoms with van der Waals surface area (Å²) in [5, 5.41) is 0. The molecule has 0 saturated carbocycles. The van der Waals surface area contributed by atoms with Crippen LogP contribution in [-0.4, -0.2) is 4.98 Å². The minimum absolute atomic E-state index is 0.285. The summed E-state index contributed by atoms with van der Waals surface area (Å²) in [6.45, 7) is 0. The van der Waals surface area contributed by atoms with Gasteiger partial charge >= 0.3 is 11.0 Å². The van der Waals surface area contributed by atoms with Gasteiger partial charge in [-0.2, -0.15) is 13.2 Å². The Balaban J connectivity index is 2.48. The Kier molecular flexibility index (Phi) is 2.59. The van der Waals surface area contributed by atoms with E-state index in [4.69, 9.17) is 0 Å². The van der Waals surface area contributed by atoms with E-state index in [-0.39, 0.29) is 4.87 Å². The van der Waals surface area contributed by atoms with Gasteiger partial charge in [0.15, 0.2) is 0 Å². The second-order valence-corrected chi connectivity index (χ2v) is 4.14. The summed E-state index contributed by atoms with van der Waals surface area (Å²) in [7, 11) is 0. The molecule has 0 amide bonds. The minimum Gasteiger partial charge on any atom is -0.319 e. The first-order valence-corrected chi connectivity index (χ1v) is 5.14. The number of alkyl halides is 3. The largest absolute Gasteiger partial charge is 0.416 e. The lowest BCUT2D eigenvalue weighted by molar-refractivity contribution is -0.137. The number of rotatable bonds is 1. The number of halogens is 3. The molecule has 2 rings (SSSR count). The van der Waals surface area contributed by atoms with Crippen molar-refractivity contribution in [1.82, 2.24) is 4.98 Å². The molecule has 16 heavy (non-hydrogen) atoms. The first-order valence-electron chi connectivity index (χ1n) is 4.33. The molecule has 0 unspecified atom stereocenters. The molecule has 0 saturated heterocycles. The molecule has 1 heterocycles. The molecule has 0 radical (unpaired) electrons. The minimum atomic E-state index is -4.36. The standard InChI is InChI=1S/C10H6F3NOS/c11-10(12,13)7-3-1-2-6(4-7)8-5-14-9(15)16-8/h1-5H,(H,14,15). The molecule has 0 atom stereocenters. The maximum atomic E-state index is 12.4. The average Bonchev–Trinajstić information content (AvgIpc) is 2.64. The van der Waals surface area contributed by atoms with Crippen molar-refractivity contribution in [3.63, 3.8) is 0 Å². The highest BCUT2D eigenvalue weighted by molar-refractivity contribution is 7.12. The van der Waals surface area contributed by atoms with Crippen LogP contribution >= 0.6 is 11.3 Å². The number of hydrogen-bond donors (Lipinski definition) is 1. The van der Waals surface area contributed by atoms with Gasteiger partial charge in [0, 0.05) is 6.20 Å². The van der Waals surface area contributed by atoms with E-state index in [1.165, 1.54) is 18.3 Å². The highest BCUT2D eigenvalue weighted by Crippen LogP contribution is 2.32. The van der Waals surface area contributed by atoms with Gasteiger partial charge in [-0.15, -0.1) is 0 Å². The van der Waals surface area contributed by atoms with Gasteiger partial charge in [-0.25, -0.2) is 0 Å². The summed E-state index contributed by atoms with van der Waals surface area (Å²) in [5.41, 5.74) is -0.330. The van der Waals surface area contributed by atoms with Gasteiger partial charge in [-0.1, -0.05) is 23.5 Å². The Morgan fingerprint density at radius 3 is 2.56 bits per heavy atom. The molecule has 84 valence electrons. The predicted octanol–water partition coefficient (Wildman–Crippen LogP) is 3.12. The fourth-order valence-electron chi connectivity index (χ4n) is 1.27. The Morgan fingerprint density at radius 1 is 1.25 bits per heavy atom. The lowest BCUT2D eigenvalue weighted by Crippen LogP contribution is -2.04. The van der Waals surface area contributed by atoms with Gasteiger partial charge in [-0.3, -0.25) is 4.79 Å². The maximum absolute atomic E-state index is 12.4. The molecule has 0 bridgehead atoms. The second-order valence-electron chi connectivity index (χ2n) is 3.12. The fourth-order valence-corrected chi connectivity index (χ4v) is 1.95. The highest BCUT2D eigenvalue weighted by atomic mass is 32.1. The Bertz CT molecular complexity index is 555. The Morgan fingerprint density at radius 2 is 2.00 bits per heavy atom. The Hall–Kier alpha value is -1.56. The lowest BCUT2D eigenvalue weighted by atomic mass is 10.1. The van der Waals surface area contributed by atoms with Crippen LogP contribution in [0.3, 0.4) is 0 Å². The zero-order valence-electron chi connectivity index (χ0n) is 7.84. The van der Waals surface area contributed by atoms with Crippen molar-refractivity contribution < 1.29 is 13.2 Å².